The number of likely N-dealkylation sites (tertiary alicyclic amines) is 1. The van der Waals surface area contributed by atoms with Gasteiger partial charge in [0.1, 0.15) is 5.82 Å². The van der Waals surface area contributed by atoms with Gasteiger partial charge in [0.25, 0.3) is 5.91 Å². The van der Waals surface area contributed by atoms with Gasteiger partial charge in [-0.15, -0.1) is 0 Å². The summed E-state index contributed by atoms with van der Waals surface area (Å²) in [4.78, 5) is 37.2. The number of hydrazone groups is 1. The molecule has 2 amide bonds. The van der Waals surface area contributed by atoms with Crippen LogP contribution in [0.5, 0.6) is 0 Å². The van der Waals surface area contributed by atoms with Gasteiger partial charge in [0.05, 0.1) is 11.8 Å². The number of carbonyl (C=O) groups is 3. The van der Waals surface area contributed by atoms with E-state index in [-0.39, 0.29) is 23.3 Å². The van der Waals surface area contributed by atoms with Crippen molar-refractivity contribution >= 4 is 24.0 Å². The standard InChI is InChI=1S/C21H20FN3O4/c22-18-7-5-16(6-8-18)20(27)25-11-9-15(10-12-25)19(26)24-23-13-14-1-3-17(4-2-14)21(28)29/h1-8,13,15H,9-12H2,(H,24,26)(H,28,29)/b23-13+. The molecule has 29 heavy (non-hydrogen) atoms. The van der Waals surface area contributed by atoms with E-state index in [1.807, 2.05) is 0 Å². The highest BCUT2D eigenvalue weighted by Gasteiger charge is 2.27. The average molecular weight is 397 g/mol. The number of amides is 2. The summed E-state index contributed by atoms with van der Waals surface area (Å²) in [6, 6.07) is 11.5. The van der Waals surface area contributed by atoms with Gasteiger partial charge in [-0.05, 0) is 54.8 Å². The van der Waals surface area contributed by atoms with Gasteiger partial charge >= 0.3 is 5.97 Å². The predicted octanol–water partition coefficient (Wildman–Crippen LogP) is 2.53. The van der Waals surface area contributed by atoms with E-state index in [1.54, 1.807) is 17.0 Å². The van der Waals surface area contributed by atoms with E-state index < -0.39 is 11.8 Å². The van der Waals surface area contributed by atoms with Crippen molar-refractivity contribution in [3.8, 4) is 0 Å². The minimum absolute atomic E-state index is 0.174. The molecule has 8 heteroatoms. The number of carboxylic acid groups (broad SMARTS) is 1. The Balaban J connectivity index is 1.47. The van der Waals surface area contributed by atoms with Gasteiger partial charge in [0.15, 0.2) is 0 Å². The molecule has 0 saturated carbocycles. The molecule has 0 unspecified atom stereocenters. The van der Waals surface area contributed by atoms with Crippen molar-refractivity contribution in [1.29, 1.82) is 0 Å². The number of rotatable bonds is 5. The first-order valence-corrected chi connectivity index (χ1v) is 9.15. The molecule has 0 aliphatic carbocycles. The molecule has 2 N–H and O–H groups in total. The van der Waals surface area contributed by atoms with Crippen molar-refractivity contribution in [3.63, 3.8) is 0 Å². The van der Waals surface area contributed by atoms with E-state index in [1.165, 1.54) is 42.6 Å². The van der Waals surface area contributed by atoms with E-state index in [0.29, 0.717) is 37.1 Å². The summed E-state index contributed by atoms with van der Waals surface area (Å²) >= 11 is 0. The smallest absolute Gasteiger partial charge is 0.335 e. The van der Waals surface area contributed by atoms with Crippen LogP contribution in [-0.4, -0.2) is 47.1 Å². The second kappa shape index (κ2) is 9.09. The molecule has 150 valence electrons. The number of nitrogens with zero attached hydrogens (tertiary/aromatic N) is 2. The Kier molecular flexibility index (Phi) is 6.33. The maximum absolute atomic E-state index is 13.0. The number of carbonyl (C=O) groups excluding carboxylic acids is 2. The van der Waals surface area contributed by atoms with Crippen LogP contribution in [-0.2, 0) is 4.79 Å². The molecule has 1 heterocycles. The molecule has 2 aromatic carbocycles. The highest BCUT2D eigenvalue weighted by molar-refractivity contribution is 5.94. The van der Waals surface area contributed by atoms with Crippen LogP contribution in [0.3, 0.4) is 0 Å². The van der Waals surface area contributed by atoms with Crippen molar-refractivity contribution in [3.05, 3.63) is 71.0 Å². The first-order chi connectivity index (χ1) is 13.9. The Hall–Kier alpha value is -3.55. The molecule has 1 aliphatic heterocycles. The third kappa shape index (κ3) is 5.25. The molecule has 0 spiro atoms. The summed E-state index contributed by atoms with van der Waals surface area (Å²) in [6.45, 7) is 0.878. The molecule has 7 nitrogen and oxygen atoms in total. The molecule has 1 fully saturated rings. The lowest BCUT2D eigenvalue weighted by Crippen LogP contribution is -2.42. The monoisotopic (exact) mass is 397 g/mol. The van der Waals surface area contributed by atoms with E-state index in [2.05, 4.69) is 10.5 Å². The maximum atomic E-state index is 13.0. The first kappa shape index (κ1) is 20.2. The first-order valence-electron chi connectivity index (χ1n) is 9.15. The van der Waals surface area contributed by atoms with Gasteiger partial charge < -0.3 is 10.0 Å². The van der Waals surface area contributed by atoms with Crippen LogP contribution in [0.1, 0.15) is 39.1 Å². The zero-order valence-electron chi connectivity index (χ0n) is 15.5. The number of benzene rings is 2. The normalized spacial score (nSPS) is 14.7. The minimum Gasteiger partial charge on any atom is -0.478 e. The Morgan fingerprint density at radius 3 is 2.17 bits per heavy atom. The third-order valence-electron chi connectivity index (χ3n) is 4.79. The number of piperidine rings is 1. The van der Waals surface area contributed by atoms with Crippen LogP contribution < -0.4 is 5.43 Å². The summed E-state index contributed by atoms with van der Waals surface area (Å²) in [6.07, 6.45) is 2.47. The molecule has 1 aliphatic rings. The molecule has 0 bridgehead atoms. The van der Waals surface area contributed by atoms with Gasteiger partial charge in [-0.25, -0.2) is 14.6 Å². The van der Waals surface area contributed by atoms with Crippen LogP contribution in [0.2, 0.25) is 0 Å². The quantitative estimate of drug-likeness (QED) is 0.598. The Morgan fingerprint density at radius 1 is 1.00 bits per heavy atom. The lowest BCUT2D eigenvalue weighted by atomic mass is 9.95. The highest BCUT2D eigenvalue weighted by atomic mass is 19.1. The van der Waals surface area contributed by atoms with Crippen molar-refractivity contribution in [1.82, 2.24) is 10.3 Å². The van der Waals surface area contributed by atoms with Crippen molar-refractivity contribution in [2.24, 2.45) is 11.0 Å². The van der Waals surface area contributed by atoms with Gasteiger partial charge in [0, 0.05) is 24.6 Å². The number of halogens is 1. The number of carboxylic acids is 1. The lowest BCUT2D eigenvalue weighted by Gasteiger charge is -2.31. The van der Waals surface area contributed by atoms with E-state index in [9.17, 15) is 18.8 Å². The van der Waals surface area contributed by atoms with Gasteiger partial charge in [-0.3, -0.25) is 9.59 Å². The molecule has 2 aromatic rings. The average Bonchev–Trinajstić information content (AvgIpc) is 2.74. The van der Waals surface area contributed by atoms with Crippen LogP contribution in [0.15, 0.2) is 53.6 Å². The maximum Gasteiger partial charge on any atom is 0.335 e. The molecular weight excluding hydrogens is 377 g/mol. The fourth-order valence-corrected chi connectivity index (χ4v) is 3.09. The molecule has 0 radical (unpaired) electrons. The number of aromatic carboxylic acids is 1. The van der Waals surface area contributed by atoms with Crippen LogP contribution in [0.25, 0.3) is 0 Å². The van der Waals surface area contributed by atoms with E-state index in [4.69, 9.17) is 5.11 Å². The van der Waals surface area contributed by atoms with E-state index >= 15 is 0 Å². The Morgan fingerprint density at radius 2 is 1.59 bits per heavy atom. The molecule has 0 aromatic heterocycles. The summed E-state index contributed by atoms with van der Waals surface area (Å²) in [7, 11) is 0. The molecular formula is C21H20FN3O4. The van der Waals surface area contributed by atoms with Gasteiger partial charge in [-0.1, -0.05) is 12.1 Å². The van der Waals surface area contributed by atoms with Crippen LogP contribution in [0.4, 0.5) is 4.39 Å². The molecule has 0 atom stereocenters. The summed E-state index contributed by atoms with van der Waals surface area (Å²) in [5.41, 5.74) is 3.75. The van der Waals surface area contributed by atoms with Crippen LogP contribution in [0, 0.1) is 11.7 Å². The largest absolute Gasteiger partial charge is 0.478 e. The molecule has 1 saturated heterocycles. The fourth-order valence-electron chi connectivity index (χ4n) is 3.09. The number of hydrogen-bond acceptors (Lipinski definition) is 4. The Labute approximate surface area is 166 Å². The predicted molar refractivity (Wildman–Crippen MR) is 104 cm³/mol. The number of nitrogens with one attached hydrogen (secondary N) is 1. The topological polar surface area (TPSA) is 99.1 Å². The molecule has 3 rings (SSSR count). The fraction of sp³-hybridized carbons (Fsp3) is 0.238. The SMILES string of the molecule is O=C(O)c1ccc(/C=N/NC(=O)C2CCN(C(=O)c3ccc(F)cc3)CC2)cc1. The summed E-state index contributed by atoms with van der Waals surface area (Å²) in [5.74, 6) is -2.05. The zero-order valence-corrected chi connectivity index (χ0v) is 15.5. The van der Waals surface area contributed by atoms with Crippen LogP contribution >= 0.6 is 0 Å². The van der Waals surface area contributed by atoms with Crippen molar-refractivity contribution in [2.45, 2.75) is 12.8 Å². The van der Waals surface area contributed by atoms with Gasteiger partial charge in [-0.2, -0.15) is 5.10 Å². The second-order valence-electron chi connectivity index (χ2n) is 6.73. The highest BCUT2D eigenvalue weighted by Crippen LogP contribution is 2.19. The lowest BCUT2D eigenvalue weighted by molar-refractivity contribution is -0.126. The van der Waals surface area contributed by atoms with Gasteiger partial charge in [0.2, 0.25) is 5.91 Å². The minimum atomic E-state index is -1.01. The van der Waals surface area contributed by atoms with Crippen molar-refractivity contribution in [2.75, 3.05) is 13.1 Å². The second-order valence-corrected chi connectivity index (χ2v) is 6.73. The summed E-state index contributed by atoms with van der Waals surface area (Å²) < 4.78 is 13.0. The van der Waals surface area contributed by atoms with Crippen molar-refractivity contribution < 1.29 is 23.9 Å². The number of hydrogen-bond donors (Lipinski definition) is 2. The third-order valence-corrected chi connectivity index (χ3v) is 4.79. The summed E-state index contributed by atoms with van der Waals surface area (Å²) in [5, 5.41) is 12.8. The van der Waals surface area contributed by atoms with E-state index in [0.717, 1.165) is 0 Å². The zero-order chi connectivity index (χ0) is 20.8. The Bertz CT molecular complexity index is 918.